The van der Waals surface area contributed by atoms with Crippen molar-refractivity contribution < 1.29 is 4.79 Å². The molecule has 0 aliphatic heterocycles. The molecule has 1 N–H and O–H groups in total. The Balaban J connectivity index is 1.77. The summed E-state index contributed by atoms with van der Waals surface area (Å²) in [6.45, 7) is 0. The van der Waals surface area contributed by atoms with Gasteiger partial charge in [0.1, 0.15) is 5.69 Å². The lowest BCUT2D eigenvalue weighted by molar-refractivity contribution is 0.0931. The van der Waals surface area contributed by atoms with Gasteiger partial charge in [-0.1, -0.05) is 24.3 Å². The highest BCUT2D eigenvalue weighted by Gasteiger charge is 2.23. The lowest BCUT2D eigenvalue weighted by atomic mass is 10.1. The number of fused-ring (bicyclic) bond motifs is 1. The molecule has 1 aliphatic carbocycles. The molecule has 1 amide bonds. The monoisotopic (exact) mass is 239 g/mol. The third kappa shape index (κ3) is 1.97. The summed E-state index contributed by atoms with van der Waals surface area (Å²) >= 11 is 0. The van der Waals surface area contributed by atoms with Crippen LogP contribution in [0.15, 0.2) is 42.9 Å². The summed E-state index contributed by atoms with van der Waals surface area (Å²) in [7, 11) is 0. The van der Waals surface area contributed by atoms with E-state index < -0.39 is 0 Å². The lowest BCUT2D eigenvalue weighted by Crippen LogP contribution is -2.27. The molecular formula is C14H13N3O. The molecule has 90 valence electrons. The fraction of sp³-hybridized carbons (Fsp3) is 0.214. The number of rotatable bonds is 2. The Morgan fingerprint density at radius 2 is 2.17 bits per heavy atom. The summed E-state index contributed by atoms with van der Waals surface area (Å²) in [6, 6.07) is 8.32. The maximum Gasteiger partial charge on any atom is 0.271 e. The highest BCUT2D eigenvalue weighted by atomic mass is 16.1. The van der Waals surface area contributed by atoms with Gasteiger partial charge in [-0.15, -0.1) is 0 Å². The predicted molar refractivity (Wildman–Crippen MR) is 67.0 cm³/mol. The standard InChI is InChI=1S/C14H13N3O/c18-14(13-9-15-7-8-16-13)17-12-6-5-10-3-1-2-4-11(10)12/h1-4,7-9,12H,5-6H2,(H,17,18). The van der Waals surface area contributed by atoms with Crippen molar-refractivity contribution in [1.29, 1.82) is 0 Å². The zero-order chi connectivity index (χ0) is 12.4. The molecule has 0 radical (unpaired) electrons. The van der Waals surface area contributed by atoms with Crippen LogP contribution in [-0.4, -0.2) is 15.9 Å². The second kappa shape index (κ2) is 4.56. The average Bonchev–Trinajstić information content (AvgIpc) is 2.83. The van der Waals surface area contributed by atoms with E-state index in [1.54, 1.807) is 6.20 Å². The van der Waals surface area contributed by atoms with Crippen molar-refractivity contribution in [1.82, 2.24) is 15.3 Å². The number of carbonyl (C=O) groups excluding carboxylic acids is 1. The van der Waals surface area contributed by atoms with Gasteiger partial charge in [-0.2, -0.15) is 0 Å². The smallest absolute Gasteiger partial charge is 0.271 e. The molecule has 0 saturated carbocycles. The minimum atomic E-state index is -0.162. The van der Waals surface area contributed by atoms with Crippen molar-refractivity contribution in [2.45, 2.75) is 18.9 Å². The average molecular weight is 239 g/mol. The summed E-state index contributed by atoms with van der Waals surface area (Å²) in [5, 5.41) is 3.01. The number of hydrogen-bond acceptors (Lipinski definition) is 3. The fourth-order valence-corrected chi connectivity index (χ4v) is 2.36. The number of aromatic nitrogens is 2. The van der Waals surface area contributed by atoms with Crippen LogP contribution in [0.1, 0.15) is 34.1 Å². The molecule has 1 aromatic carbocycles. The van der Waals surface area contributed by atoms with Crippen molar-refractivity contribution >= 4 is 5.91 Å². The van der Waals surface area contributed by atoms with Crippen LogP contribution in [0.2, 0.25) is 0 Å². The Labute approximate surface area is 105 Å². The van der Waals surface area contributed by atoms with Gasteiger partial charge < -0.3 is 5.32 Å². The largest absolute Gasteiger partial charge is 0.344 e. The van der Waals surface area contributed by atoms with E-state index in [9.17, 15) is 4.79 Å². The normalized spacial score (nSPS) is 17.2. The summed E-state index contributed by atoms with van der Waals surface area (Å²) in [6.07, 6.45) is 6.53. The molecule has 1 aliphatic rings. The van der Waals surface area contributed by atoms with E-state index in [1.165, 1.54) is 23.5 Å². The molecule has 0 saturated heterocycles. The summed E-state index contributed by atoms with van der Waals surface area (Å²) < 4.78 is 0. The number of nitrogens with zero attached hydrogens (tertiary/aromatic N) is 2. The molecule has 1 atom stereocenters. The van der Waals surface area contributed by atoms with Crippen molar-refractivity contribution in [2.75, 3.05) is 0 Å². The molecule has 4 nitrogen and oxygen atoms in total. The molecule has 18 heavy (non-hydrogen) atoms. The molecule has 0 spiro atoms. The van der Waals surface area contributed by atoms with E-state index >= 15 is 0 Å². The van der Waals surface area contributed by atoms with Crippen LogP contribution in [0.5, 0.6) is 0 Å². The van der Waals surface area contributed by atoms with Gasteiger partial charge in [0.2, 0.25) is 0 Å². The van der Waals surface area contributed by atoms with E-state index in [2.05, 4.69) is 27.4 Å². The number of nitrogens with one attached hydrogen (secondary N) is 1. The maximum absolute atomic E-state index is 12.0. The molecule has 2 aromatic rings. The zero-order valence-corrected chi connectivity index (χ0v) is 9.84. The van der Waals surface area contributed by atoms with Gasteiger partial charge in [0.15, 0.2) is 0 Å². The van der Waals surface area contributed by atoms with E-state index in [4.69, 9.17) is 0 Å². The number of benzene rings is 1. The molecule has 1 unspecified atom stereocenters. The van der Waals surface area contributed by atoms with Crippen molar-refractivity contribution in [2.24, 2.45) is 0 Å². The lowest BCUT2D eigenvalue weighted by Gasteiger charge is -2.13. The van der Waals surface area contributed by atoms with Crippen LogP contribution >= 0.6 is 0 Å². The zero-order valence-electron chi connectivity index (χ0n) is 9.84. The minimum absolute atomic E-state index is 0.0932. The van der Waals surface area contributed by atoms with E-state index in [0.29, 0.717) is 5.69 Å². The first-order valence-corrected chi connectivity index (χ1v) is 5.99. The van der Waals surface area contributed by atoms with Crippen LogP contribution in [0.3, 0.4) is 0 Å². The van der Waals surface area contributed by atoms with Crippen LogP contribution in [0.25, 0.3) is 0 Å². The third-order valence-corrected chi connectivity index (χ3v) is 3.23. The molecule has 3 rings (SSSR count). The van der Waals surface area contributed by atoms with Gasteiger partial charge in [0.25, 0.3) is 5.91 Å². The van der Waals surface area contributed by atoms with Crippen LogP contribution < -0.4 is 5.32 Å². The molecule has 0 fully saturated rings. The number of carbonyl (C=O) groups is 1. The van der Waals surface area contributed by atoms with Gasteiger partial charge in [-0.05, 0) is 24.0 Å². The SMILES string of the molecule is O=C(NC1CCc2ccccc21)c1cnccn1. The maximum atomic E-state index is 12.0. The minimum Gasteiger partial charge on any atom is -0.344 e. The van der Waals surface area contributed by atoms with E-state index in [0.717, 1.165) is 12.8 Å². The predicted octanol–water partition coefficient (Wildman–Crippen LogP) is 1.89. The first-order valence-electron chi connectivity index (χ1n) is 5.99. The van der Waals surface area contributed by atoms with Gasteiger partial charge in [0, 0.05) is 12.4 Å². The quantitative estimate of drug-likeness (QED) is 0.870. The number of amides is 1. The van der Waals surface area contributed by atoms with Crippen molar-refractivity contribution in [3.8, 4) is 0 Å². The van der Waals surface area contributed by atoms with Crippen LogP contribution in [0.4, 0.5) is 0 Å². The molecule has 1 heterocycles. The van der Waals surface area contributed by atoms with Crippen molar-refractivity contribution in [3.05, 3.63) is 59.7 Å². The van der Waals surface area contributed by atoms with Gasteiger partial charge >= 0.3 is 0 Å². The number of aryl methyl sites for hydroxylation is 1. The van der Waals surface area contributed by atoms with Crippen molar-refractivity contribution in [3.63, 3.8) is 0 Å². The Morgan fingerprint density at radius 1 is 1.28 bits per heavy atom. The molecule has 1 aromatic heterocycles. The molecule has 4 heteroatoms. The second-order valence-corrected chi connectivity index (χ2v) is 4.35. The van der Waals surface area contributed by atoms with Crippen LogP contribution in [-0.2, 0) is 6.42 Å². The fourth-order valence-electron chi connectivity index (χ4n) is 2.36. The Kier molecular flexibility index (Phi) is 2.76. The van der Waals surface area contributed by atoms with Gasteiger partial charge in [-0.25, -0.2) is 4.98 Å². The highest BCUT2D eigenvalue weighted by Crippen LogP contribution is 2.30. The van der Waals surface area contributed by atoms with E-state index in [-0.39, 0.29) is 11.9 Å². The second-order valence-electron chi connectivity index (χ2n) is 4.35. The first-order chi connectivity index (χ1) is 8.84. The number of hydrogen-bond donors (Lipinski definition) is 1. The van der Waals surface area contributed by atoms with Crippen LogP contribution in [0, 0.1) is 0 Å². The summed E-state index contributed by atoms with van der Waals surface area (Å²) in [5.74, 6) is -0.162. The summed E-state index contributed by atoms with van der Waals surface area (Å²) in [5.41, 5.74) is 2.90. The molecule has 0 bridgehead atoms. The Bertz CT molecular complexity index is 568. The molecular weight excluding hydrogens is 226 g/mol. The Hall–Kier alpha value is -2.23. The summed E-state index contributed by atoms with van der Waals surface area (Å²) in [4.78, 5) is 19.9. The Morgan fingerprint density at radius 3 is 3.00 bits per heavy atom. The topological polar surface area (TPSA) is 54.9 Å². The van der Waals surface area contributed by atoms with Gasteiger partial charge in [-0.3, -0.25) is 9.78 Å². The third-order valence-electron chi connectivity index (χ3n) is 3.23. The first kappa shape index (κ1) is 10.9. The highest BCUT2D eigenvalue weighted by molar-refractivity contribution is 5.92. The van der Waals surface area contributed by atoms with Gasteiger partial charge in [0.05, 0.1) is 12.2 Å². The van der Waals surface area contributed by atoms with E-state index in [1.807, 2.05) is 12.1 Å².